The molecule has 6 aliphatic carbocycles. The van der Waals surface area contributed by atoms with Crippen LogP contribution in [0, 0.1) is 23.7 Å². The molecule has 0 bridgehead atoms. The van der Waals surface area contributed by atoms with E-state index in [-0.39, 0.29) is 80.6 Å². The maximum Gasteiger partial charge on any atom is 0.250 e. The van der Waals surface area contributed by atoms with Gasteiger partial charge in [-0.25, -0.2) is 17.6 Å². The number of methoxy groups -OCH3 is 1. The summed E-state index contributed by atoms with van der Waals surface area (Å²) in [6.07, 6.45) is 35.7. The monoisotopic (exact) mass is 1480 g/mol. The Morgan fingerprint density at radius 1 is 0.480 bits per heavy atom. The lowest BCUT2D eigenvalue weighted by molar-refractivity contribution is -0.142. The highest BCUT2D eigenvalue weighted by Crippen LogP contribution is 2.47. The van der Waals surface area contributed by atoms with Crippen molar-refractivity contribution in [2.45, 2.75) is 255 Å². The zero-order chi connectivity index (χ0) is 72.3. The Balaban J connectivity index is 0.000000137. The second-order valence-corrected chi connectivity index (χ2v) is 32.0. The number of halogens is 8. The number of carbonyl (C=O) groups is 4. The Labute approximate surface area is 618 Å². The summed E-state index contributed by atoms with van der Waals surface area (Å²) in [4.78, 5) is 51.6. The van der Waals surface area contributed by atoms with Crippen LogP contribution in [0.2, 0.25) is 20.1 Å². The van der Waals surface area contributed by atoms with Crippen molar-refractivity contribution in [3.8, 4) is 0 Å². The topological polar surface area (TPSA) is 136 Å². The number of nitrogens with zero attached hydrogens (tertiary/aromatic N) is 4. The average Bonchev–Trinajstić information content (AvgIpc) is 1.59. The molecule has 0 radical (unpaired) electrons. The van der Waals surface area contributed by atoms with E-state index < -0.39 is 23.4 Å². The van der Waals surface area contributed by atoms with Crippen LogP contribution < -0.4 is 0 Å². The fraction of sp³-hybridized carbons (Fsp3) is 0.566. The van der Waals surface area contributed by atoms with Gasteiger partial charge >= 0.3 is 0 Å². The molecule has 2 unspecified atom stereocenters. The summed E-state index contributed by atoms with van der Waals surface area (Å²) in [7, 11) is 1.69. The number of rotatable bonds is 23. The predicted octanol–water partition coefficient (Wildman–Crippen LogP) is 23.0. The molecule has 6 fully saturated rings. The van der Waals surface area contributed by atoms with Crippen LogP contribution in [0.15, 0.2) is 97.6 Å². The quantitative estimate of drug-likeness (QED) is 0.0370. The molecule has 102 heavy (non-hydrogen) atoms. The van der Waals surface area contributed by atoms with E-state index in [2.05, 4.69) is 4.40 Å². The molecule has 552 valence electrons. The molecule has 2 atom stereocenters. The number of aliphatic hydroxyl groups excluding tert-OH is 1. The maximum atomic E-state index is 13.7. The van der Waals surface area contributed by atoms with Gasteiger partial charge in [0.1, 0.15) is 0 Å². The van der Waals surface area contributed by atoms with Gasteiger partial charge in [0.05, 0.1) is 54.4 Å². The first-order valence-electron chi connectivity index (χ1n) is 37.9. The molecule has 0 amide bonds. The van der Waals surface area contributed by atoms with Crippen LogP contribution in [-0.2, 0) is 17.6 Å². The van der Waals surface area contributed by atoms with Gasteiger partial charge in [-0.05, 0) is 179 Å². The molecule has 0 spiro atoms. The number of hydrogen-bond acceptors (Lipinski definition) is 7. The Hall–Kier alpha value is -5.52. The largest absolute Gasteiger partial charge is 0.396 e. The third-order valence-electron chi connectivity index (χ3n) is 23.4. The van der Waals surface area contributed by atoms with Gasteiger partial charge in [-0.2, -0.15) is 0 Å². The van der Waals surface area contributed by atoms with Crippen LogP contribution in [-0.4, -0.2) is 88.7 Å². The number of ketones is 4. The zero-order valence-corrected chi connectivity index (χ0v) is 62.4. The third-order valence-corrected chi connectivity index (χ3v) is 24.6. The van der Waals surface area contributed by atoms with Crippen molar-refractivity contribution in [2.24, 2.45) is 23.7 Å². The van der Waals surface area contributed by atoms with Gasteiger partial charge in [0.15, 0.2) is 23.1 Å². The summed E-state index contributed by atoms with van der Waals surface area (Å²) in [6, 6.07) is 22.7. The van der Waals surface area contributed by atoms with Crippen molar-refractivity contribution in [2.75, 3.05) is 20.3 Å². The molecule has 2 N–H and O–H groups in total. The van der Waals surface area contributed by atoms with E-state index >= 15 is 0 Å². The molecule has 6 saturated carbocycles. The van der Waals surface area contributed by atoms with E-state index in [0.717, 1.165) is 90.1 Å². The molecule has 8 heterocycles. The number of aromatic nitrogens is 4. The summed E-state index contributed by atoms with van der Waals surface area (Å²) < 4.78 is 67.3. The van der Waals surface area contributed by atoms with E-state index in [1.807, 2.05) is 105 Å². The molecule has 0 saturated heterocycles. The van der Waals surface area contributed by atoms with Gasteiger partial charge in [0, 0.05) is 147 Å². The number of aliphatic hydroxyl groups is 2. The number of fused-ring (bicyclic) bond motifs is 4. The van der Waals surface area contributed by atoms with E-state index in [9.17, 15) is 47.0 Å². The van der Waals surface area contributed by atoms with E-state index in [1.54, 1.807) is 13.2 Å². The van der Waals surface area contributed by atoms with Crippen molar-refractivity contribution in [3.63, 3.8) is 0 Å². The number of carbonyl (C=O) groups excluding carboxylic acids is 4. The van der Waals surface area contributed by atoms with Crippen molar-refractivity contribution in [3.05, 3.63) is 163 Å². The van der Waals surface area contributed by atoms with Crippen LogP contribution in [0.4, 0.5) is 17.6 Å². The Bertz CT molecular complexity index is 4180. The van der Waals surface area contributed by atoms with E-state index in [1.165, 1.54) is 96.1 Å². The first kappa shape index (κ1) is 77.6. The van der Waals surface area contributed by atoms with E-state index in [4.69, 9.17) is 51.1 Å². The van der Waals surface area contributed by atoms with Crippen molar-refractivity contribution in [1.29, 1.82) is 0 Å². The van der Waals surface area contributed by atoms with Crippen molar-refractivity contribution < 1.29 is 51.7 Å². The minimum atomic E-state index is -2.74. The smallest absolute Gasteiger partial charge is 0.250 e. The molecule has 19 heteroatoms. The molecule has 14 rings (SSSR count). The van der Waals surface area contributed by atoms with Gasteiger partial charge in [0.25, 0.3) is 5.92 Å². The molecule has 8 aromatic rings. The minimum Gasteiger partial charge on any atom is -0.396 e. The Morgan fingerprint density at radius 2 is 0.853 bits per heavy atom. The van der Waals surface area contributed by atoms with Crippen LogP contribution in [0.25, 0.3) is 22.1 Å². The number of Topliss-reactive ketones (excluding diaryl/α,β-unsaturated/α-hetero) is 4. The SMILES string of the molecule is CC1CC(O)(CCC(=O)c2cc(C3CCC3)n3cccc(Cl)c23)CCC1(F)F.COCCc1cc(C(=O)CCC2CCCCC2)c2c(Cl)cccn12.O=C(CCC1CCC(F)(F)CC1)c1cc(C2CCC2)n2cccc(Cl)c12.O=C(CCC1CCCCCC1)c1cc(CCO)n2cccc(Cl)c12. The fourth-order valence-corrected chi connectivity index (χ4v) is 17.8. The number of ether oxygens (including phenoxy) is 1. The fourth-order valence-electron chi connectivity index (χ4n) is 16.7. The summed E-state index contributed by atoms with van der Waals surface area (Å²) in [5, 5.41) is 22.4. The van der Waals surface area contributed by atoms with Crippen molar-refractivity contribution in [1.82, 2.24) is 17.6 Å². The zero-order valence-electron chi connectivity index (χ0n) is 59.4. The lowest BCUT2D eigenvalue weighted by Gasteiger charge is -2.40. The molecule has 0 aromatic carbocycles. The van der Waals surface area contributed by atoms with E-state index in [0.29, 0.717) is 112 Å². The second kappa shape index (κ2) is 35.3. The molecule has 8 aromatic heterocycles. The second-order valence-electron chi connectivity index (χ2n) is 30.4. The Kier molecular flexibility index (Phi) is 26.8. The van der Waals surface area contributed by atoms with Crippen LogP contribution in [0.3, 0.4) is 0 Å². The summed E-state index contributed by atoms with van der Waals surface area (Å²) >= 11 is 25.6. The lowest BCUT2D eigenvalue weighted by Crippen LogP contribution is -2.44. The van der Waals surface area contributed by atoms with Gasteiger partial charge in [-0.3, -0.25) is 19.2 Å². The van der Waals surface area contributed by atoms with Crippen LogP contribution >= 0.6 is 46.4 Å². The maximum absolute atomic E-state index is 13.7. The minimum absolute atomic E-state index is 0.0257. The van der Waals surface area contributed by atoms with Gasteiger partial charge in [-0.1, -0.05) is 137 Å². The number of hydrogen-bond donors (Lipinski definition) is 2. The molecule has 6 aliphatic rings. The predicted molar refractivity (Wildman–Crippen MR) is 401 cm³/mol. The summed E-state index contributed by atoms with van der Waals surface area (Å²) in [6.45, 7) is 2.17. The standard InChI is InChI=1S/C22H26ClF2NO2.C21H24ClF2NO.2C20H26ClNO2/c1-14-13-21(28,9-10-22(14,24)25)8-7-19(27)16-12-18(15-4-2-5-15)26-11-3-6-17(23)20(16)26;22-17-5-2-12-25-18(15-3-1-4-15)13-16(20(17)25)19(26)7-6-14-8-10-21(23,24)11-9-14;1-24-13-11-16-14-17(20-18(21)8-5-12-22(16)20)19(23)10-9-15-6-3-2-4-7-15;21-18-8-5-12-22-16(11-13-23)14-17(20(18)22)19(24)10-9-15-6-3-1-2-4-7-15/h3,6,11-12,14-15,28H,2,4-5,7-10,13H2,1H3;2,5,12-15H,1,3-4,6-11H2;5,8,12,14-15H,2-4,6-7,9-11,13H2,1H3;5,8,12,14-15,23H,1-4,6-7,9-11,13H2. The normalized spacial score (nSPS) is 20.6. The van der Waals surface area contributed by atoms with Gasteiger partial charge in [-0.15, -0.1) is 0 Å². The summed E-state index contributed by atoms with van der Waals surface area (Å²) in [5.74, 6) is -3.15. The molecule has 11 nitrogen and oxygen atoms in total. The highest BCUT2D eigenvalue weighted by molar-refractivity contribution is 6.36. The number of pyridine rings is 4. The summed E-state index contributed by atoms with van der Waals surface area (Å²) in [5.41, 5.74) is 8.99. The molecule has 0 aliphatic heterocycles. The lowest BCUT2D eigenvalue weighted by atomic mass is 9.74. The first-order valence-corrected chi connectivity index (χ1v) is 39.4. The third kappa shape index (κ3) is 18.8. The van der Waals surface area contributed by atoms with Crippen molar-refractivity contribution >= 4 is 91.6 Å². The first-order chi connectivity index (χ1) is 49.1. The average molecular weight is 1490 g/mol. The molecular weight excluding hydrogens is 1380 g/mol. The van der Waals surface area contributed by atoms with Crippen LogP contribution in [0.1, 0.15) is 288 Å². The Morgan fingerprint density at radius 3 is 1.25 bits per heavy atom. The highest BCUT2D eigenvalue weighted by atomic mass is 35.5. The van der Waals surface area contributed by atoms with Gasteiger partial charge < -0.3 is 32.6 Å². The molecular formula is C83H102Cl4F4N4O7. The van der Waals surface area contributed by atoms with Gasteiger partial charge in [0.2, 0.25) is 5.92 Å². The highest BCUT2D eigenvalue weighted by Gasteiger charge is 2.48. The number of alkyl halides is 4. The van der Waals surface area contributed by atoms with Crippen LogP contribution in [0.5, 0.6) is 0 Å².